The van der Waals surface area contributed by atoms with E-state index in [-0.39, 0.29) is 12.5 Å². The monoisotopic (exact) mass is 189 g/mol. The van der Waals surface area contributed by atoms with Crippen molar-refractivity contribution in [1.29, 1.82) is 0 Å². The lowest BCUT2D eigenvalue weighted by Crippen LogP contribution is -2.44. The fourth-order valence-electron chi connectivity index (χ4n) is 1.21. The van der Waals surface area contributed by atoms with Gasteiger partial charge in [-0.25, -0.2) is 0 Å². The first-order chi connectivity index (χ1) is 5.85. The molecule has 0 amide bonds. The third-order valence-corrected chi connectivity index (χ3v) is 1.55. The minimum absolute atomic E-state index is 0.0244. The van der Waals surface area contributed by atoms with E-state index in [0.717, 1.165) is 0 Å². The molecule has 0 rings (SSSR count). The van der Waals surface area contributed by atoms with Crippen LogP contribution in [0.5, 0.6) is 0 Å². The van der Waals surface area contributed by atoms with Gasteiger partial charge in [-0.1, -0.05) is 0 Å². The van der Waals surface area contributed by atoms with E-state index in [9.17, 15) is 9.90 Å². The molecule has 0 bridgehead atoms. The van der Waals surface area contributed by atoms with E-state index < -0.39 is 5.97 Å². The lowest BCUT2D eigenvalue weighted by molar-refractivity contribution is -0.873. The lowest BCUT2D eigenvalue weighted by Gasteiger charge is -2.29. The second-order valence-electron chi connectivity index (χ2n) is 4.13. The second-order valence-corrected chi connectivity index (χ2v) is 4.13. The normalized spacial score (nSPS) is 14.2. The van der Waals surface area contributed by atoms with Crippen molar-refractivity contribution in [2.24, 2.45) is 0 Å². The summed E-state index contributed by atoms with van der Waals surface area (Å²) in [6.45, 7) is 3.08. The van der Waals surface area contributed by atoms with Gasteiger partial charge in [0.15, 0.2) is 0 Å². The van der Waals surface area contributed by atoms with Crippen LogP contribution in [0.3, 0.4) is 0 Å². The number of quaternary nitrogens is 1. The average Bonchev–Trinajstić information content (AvgIpc) is 1.81. The van der Waals surface area contributed by atoms with Gasteiger partial charge in [0, 0.05) is 19.0 Å². The molecule has 0 fully saturated rings. The predicted molar refractivity (Wildman–Crippen MR) is 47.9 cm³/mol. The summed E-state index contributed by atoms with van der Waals surface area (Å²) in [7, 11) is 6.00. The number of nitrogens with zero attached hydrogens (tertiary/aromatic N) is 1. The molecular weight excluding hydrogens is 170 g/mol. The molecule has 0 aromatic rings. The topological polar surface area (TPSA) is 49.4 Å². The summed E-state index contributed by atoms with van der Waals surface area (Å²) in [6.07, 6.45) is -0.265. The van der Waals surface area contributed by atoms with Gasteiger partial charge in [0.25, 0.3) is 0 Å². The van der Waals surface area contributed by atoms with Crippen LogP contribution in [0.1, 0.15) is 13.3 Å². The number of aliphatic carboxylic acids is 1. The molecule has 0 radical (unpaired) electrons. The van der Waals surface area contributed by atoms with Crippen LogP contribution in [0, 0.1) is 0 Å². The van der Waals surface area contributed by atoms with Gasteiger partial charge in [0.2, 0.25) is 0 Å². The molecule has 0 aromatic heterocycles. The first-order valence-electron chi connectivity index (χ1n) is 4.47. The summed E-state index contributed by atoms with van der Waals surface area (Å²) >= 11 is 0. The molecule has 0 heterocycles. The number of rotatable bonds is 6. The average molecular weight is 189 g/mol. The minimum atomic E-state index is -1.05. The molecule has 0 aromatic carbocycles. The van der Waals surface area contributed by atoms with Gasteiger partial charge < -0.3 is 19.1 Å². The predicted octanol–water partition coefficient (Wildman–Crippen LogP) is -0.762. The van der Waals surface area contributed by atoms with Crippen LogP contribution in [-0.4, -0.2) is 50.9 Å². The summed E-state index contributed by atoms with van der Waals surface area (Å²) in [6, 6.07) is 0. The Bertz CT molecular complexity index is 163. The number of carboxylic acid groups (broad SMARTS) is 1. The smallest absolute Gasteiger partial charge is 0.111 e. The molecule has 13 heavy (non-hydrogen) atoms. The molecule has 0 N–H and O–H groups in total. The zero-order valence-corrected chi connectivity index (χ0v) is 8.87. The number of hydrogen-bond acceptors (Lipinski definition) is 3. The van der Waals surface area contributed by atoms with Crippen LogP contribution in [0.2, 0.25) is 0 Å². The Morgan fingerprint density at radius 1 is 1.46 bits per heavy atom. The standard InChI is InChI=1S/C9H19NO3/c1-5-13-8(6-9(11)12)7-10(2,3)4/h8H,5-7H2,1-4H3. The van der Waals surface area contributed by atoms with Crippen LogP contribution in [0.4, 0.5) is 0 Å². The number of carbonyl (C=O) groups is 1. The third kappa shape index (κ3) is 7.74. The summed E-state index contributed by atoms with van der Waals surface area (Å²) in [5, 5.41) is 10.4. The first-order valence-corrected chi connectivity index (χ1v) is 4.47. The van der Waals surface area contributed by atoms with Gasteiger partial charge in [0.1, 0.15) is 12.6 Å². The SMILES string of the molecule is CCOC(CC(=O)[O-])C[N+](C)(C)C. The zero-order chi connectivity index (χ0) is 10.5. The highest BCUT2D eigenvalue weighted by Gasteiger charge is 2.18. The fourth-order valence-corrected chi connectivity index (χ4v) is 1.21. The van der Waals surface area contributed by atoms with Gasteiger partial charge in [-0.2, -0.15) is 0 Å². The number of carboxylic acids is 1. The van der Waals surface area contributed by atoms with E-state index in [1.165, 1.54) is 0 Å². The van der Waals surface area contributed by atoms with Crippen molar-refractivity contribution in [1.82, 2.24) is 0 Å². The van der Waals surface area contributed by atoms with Gasteiger partial charge in [0.05, 0.1) is 21.1 Å². The van der Waals surface area contributed by atoms with Crippen LogP contribution in [0.25, 0.3) is 0 Å². The molecule has 0 spiro atoms. The highest BCUT2D eigenvalue weighted by atomic mass is 16.5. The summed E-state index contributed by atoms with van der Waals surface area (Å²) < 4.78 is 5.98. The molecule has 0 aliphatic rings. The molecule has 0 saturated heterocycles. The fraction of sp³-hybridized carbons (Fsp3) is 0.889. The van der Waals surface area contributed by atoms with E-state index in [0.29, 0.717) is 17.6 Å². The first kappa shape index (κ1) is 12.4. The molecule has 0 saturated carbocycles. The molecular formula is C9H19NO3. The Morgan fingerprint density at radius 3 is 2.31 bits per heavy atom. The van der Waals surface area contributed by atoms with Crippen LogP contribution >= 0.6 is 0 Å². The Kier molecular flexibility index (Phi) is 4.95. The molecule has 78 valence electrons. The maximum atomic E-state index is 10.4. The number of likely N-dealkylation sites (N-methyl/N-ethyl adjacent to an activating group) is 1. The van der Waals surface area contributed by atoms with E-state index >= 15 is 0 Å². The van der Waals surface area contributed by atoms with Crippen molar-refractivity contribution in [2.45, 2.75) is 19.4 Å². The van der Waals surface area contributed by atoms with Crippen LogP contribution < -0.4 is 5.11 Å². The van der Waals surface area contributed by atoms with Crippen molar-refractivity contribution in [3.8, 4) is 0 Å². The van der Waals surface area contributed by atoms with Crippen molar-refractivity contribution in [2.75, 3.05) is 34.3 Å². The number of carbonyl (C=O) groups excluding carboxylic acids is 1. The Balaban J connectivity index is 4.01. The number of ether oxygens (including phenoxy) is 1. The van der Waals surface area contributed by atoms with Gasteiger partial charge >= 0.3 is 0 Å². The highest BCUT2D eigenvalue weighted by molar-refractivity contribution is 5.64. The van der Waals surface area contributed by atoms with Crippen molar-refractivity contribution in [3.63, 3.8) is 0 Å². The number of hydrogen-bond donors (Lipinski definition) is 0. The van der Waals surface area contributed by atoms with E-state index in [2.05, 4.69) is 0 Å². The summed E-state index contributed by atoms with van der Waals surface area (Å²) in [5.74, 6) is -1.05. The Morgan fingerprint density at radius 2 is 2.00 bits per heavy atom. The minimum Gasteiger partial charge on any atom is -0.550 e. The third-order valence-electron chi connectivity index (χ3n) is 1.55. The molecule has 1 unspecified atom stereocenters. The molecule has 0 aliphatic heterocycles. The van der Waals surface area contributed by atoms with Gasteiger partial charge in [-0.05, 0) is 6.92 Å². The molecule has 4 heteroatoms. The lowest BCUT2D eigenvalue weighted by atomic mass is 10.2. The molecule has 1 atom stereocenters. The maximum Gasteiger partial charge on any atom is 0.111 e. The van der Waals surface area contributed by atoms with E-state index in [1.54, 1.807) is 0 Å². The van der Waals surface area contributed by atoms with Gasteiger partial charge in [-0.3, -0.25) is 0 Å². The largest absolute Gasteiger partial charge is 0.550 e. The quantitative estimate of drug-likeness (QED) is 0.516. The van der Waals surface area contributed by atoms with Crippen molar-refractivity contribution < 1.29 is 19.1 Å². The molecule has 4 nitrogen and oxygen atoms in total. The van der Waals surface area contributed by atoms with E-state index in [1.807, 2.05) is 28.1 Å². The maximum absolute atomic E-state index is 10.4. The molecule has 0 aliphatic carbocycles. The van der Waals surface area contributed by atoms with Crippen molar-refractivity contribution >= 4 is 5.97 Å². The van der Waals surface area contributed by atoms with Crippen LogP contribution in [0.15, 0.2) is 0 Å². The van der Waals surface area contributed by atoms with Gasteiger partial charge in [-0.15, -0.1) is 0 Å². The Hall–Kier alpha value is -0.610. The summed E-state index contributed by atoms with van der Waals surface area (Å²) in [4.78, 5) is 10.4. The van der Waals surface area contributed by atoms with E-state index in [4.69, 9.17) is 4.74 Å². The zero-order valence-electron chi connectivity index (χ0n) is 8.87. The van der Waals surface area contributed by atoms with Crippen LogP contribution in [-0.2, 0) is 9.53 Å². The summed E-state index contributed by atoms with van der Waals surface area (Å²) in [5.41, 5.74) is 0. The Labute approximate surface area is 79.7 Å². The van der Waals surface area contributed by atoms with Crippen molar-refractivity contribution in [3.05, 3.63) is 0 Å². The second kappa shape index (κ2) is 5.19. The highest BCUT2D eigenvalue weighted by Crippen LogP contribution is 2.03.